The molecule has 0 aromatic heterocycles. The zero-order valence-corrected chi connectivity index (χ0v) is 8.86. The molecule has 0 bridgehead atoms. The third-order valence-electron chi connectivity index (χ3n) is 1.68. The van der Waals surface area contributed by atoms with Crippen molar-refractivity contribution in [3.63, 3.8) is 0 Å². The van der Waals surface area contributed by atoms with Crippen LogP contribution in [0.4, 0.5) is 13.2 Å². The molecule has 4 nitrogen and oxygen atoms in total. The van der Waals surface area contributed by atoms with Crippen molar-refractivity contribution in [2.24, 2.45) is 0 Å². The van der Waals surface area contributed by atoms with Gasteiger partial charge in [-0.15, -0.1) is 0 Å². The zero-order valence-electron chi connectivity index (χ0n) is 8.05. The van der Waals surface area contributed by atoms with Crippen LogP contribution in [0, 0.1) is 0 Å². The summed E-state index contributed by atoms with van der Waals surface area (Å²) in [5.74, 6) is 0. The quantitative estimate of drug-likeness (QED) is 0.661. The molecule has 2 N–H and O–H groups in total. The molecule has 0 spiro atoms. The molecule has 92 valence electrons. The fourth-order valence-corrected chi connectivity index (χ4v) is 1.46. The lowest BCUT2D eigenvalue weighted by molar-refractivity contribution is -0.0447. The monoisotopic (exact) mass is 249 g/mol. The van der Waals surface area contributed by atoms with E-state index >= 15 is 0 Å². The minimum Gasteiger partial charge on any atom is -0.396 e. The standard InChI is InChI=1S/C7H14F3NO3S/c8-7(9,10)15(13,14)11-5-3-1-2-4-6-12/h11-12H,1-6H2. The molecule has 0 fully saturated rings. The first-order chi connectivity index (χ1) is 6.81. The van der Waals surface area contributed by atoms with Gasteiger partial charge in [0.25, 0.3) is 0 Å². The fourth-order valence-electron chi connectivity index (χ4n) is 0.879. The number of halogens is 3. The molecule has 0 aromatic carbocycles. The smallest absolute Gasteiger partial charge is 0.396 e. The molecule has 0 aromatic rings. The lowest BCUT2D eigenvalue weighted by atomic mass is 10.2. The Morgan fingerprint density at radius 3 is 2.07 bits per heavy atom. The summed E-state index contributed by atoms with van der Waals surface area (Å²) in [7, 11) is -5.19. The van der Waals surface area contributed by atoms with E-state index in [9.17, 15) is 21.6 Å². The molecular formula is C7H14F3NO3S. The topological polar surface area (TPSA) is 66.4 Å². The number of hydrogen-bond donors (Lipinski definition) is 2. The molecule has 15 heavy (non-hydrogen) atoms. The molecular weight excluding hydrogens is 235 g/mol. The van der Waals surface area contributed by atoms with Gasteiger partial charge in [0.1, 0.15) is 0 Å². The predicted molar refractivity (Wildman–Crippen MR) is 48.5 cm³/mol. The van der Waals surface area contributed by atoms with Gasteiger partial charge in [-0.05, 0) is 12.8 Å². The normalized spacial score (nSPS) is 13.1. The van der Waals surface area contributed by atoms with Crippen LogP contribution in [0.2, 0.25) is 0 Å². The summed E-state index contributed by atoms with van der Waals surface area (Å²) < 4.78 is 57.7. The summed E-state index contributed by atoms with van der Waals surface area (Å²) in [4.78, 5) is 0. The summed E-state index contributed by atoms with van der Waals surface area (Å²) in [6.45, 7) is -0.193. The van der Waals surface area contributed by atoms with Gasteiger partial charge in [0.2, 0.25) is 0 Å². The number of nitrogens with one attached hydrogen (secondary N) is 1. The average Bonchev–Trinajstić information content (AvgIpc) is 2.09. The number of rotatable bonds is 7. The number of alkyl halides is 3. The molecule has 0 aliphatic rings. The first-order valence-corrected chi connectivity index (χ1v) is 5.96. The second kappa shape index (κ2) is 6.29. The zero-order chi connectivity index (χ0) is 11.9. The highest BCUT2D eigenvalue weighted by atomic mass is 32.2. The molecule has 0 unspecified atom stereocenters. The van der Waals surface area contributed by atoms with Crippen molar-refractivity contribution in [1.29, 1.82) is 0 Å². The van der Waals surface area contributed by atoms with Crippen molar-refractivity contribution >= 4 is 10.0 Å². The van der Waals surface area contributed by atoms with E-state index in [0.29, 0.717) is 25.7 Å². The predicted octanol–water partition coefficient (Wildman–Crippen LogP) is 0.978. The van der Waals surface area contributed by atoms with Crippen molar-refractivity contribution in [3.05, 3.63) is 0 Å². The van der Waals surface area contributed by atoms with E-state index in [4.69, 9.17) is 5.11 Å². The summed E-state index contributed by atoms with van der Waals surface area (Å²) in [6, 6.07) is 0. The van der Waals surface area contributed by atoms with E-state index in [2.05, 4.69) is 0 Å². The average molecular weight is 249 g/mol. The first-order valence-electron chi connectivity index (χ1n) is 4.48. The molecule has 0 aliphatic heterocycles. The number of aliphatic hydroxyl groups is 1. The maximum Gasteiger partial charge on any atom is 0.511 e. The summed E-state index contributed by atoms with van der Waals surface area (Å²) in [6.07, 6.45) is 2.16. The Bertz CT molecular complexity index is 263. The maximum atomic E-state index is 11.8. The van der Waals surface area contributed by atoms with Gasteiger partial charge in [-0.2, -0.15) is 13.2 Å². The van der Waals surface area contributed by atoms with Gasteiger partial charge in [-0.25, -0.2) is 13.1 Å². The van der Waals surface area contributed by atoms with Gasteiger partial charge in [-0.1, -0.05) is 12.8 Å². The molecule has 0 saturated carbocycles. The first kappa shape index (κ1) is 14.7. The second-order valence-electron chi connectivity index (χ2n) is 2.98. The van der Waals surface area contributed by atoms with Gasteiger partial charge in [-0.3, -0.25) is 0 Å². The minimum atomic E-state index is -5.24. The lowest BCUT2D eigenvalue weighted by Gasteiger charge is -2.08. The maximum absolute atomic E-state index is 11.8. The van der Waals surface area contributed by atoms with Gasteiger partial charge in [0.05, 0.1) is 0 Å². The van der Waals surface area contributed by atoms with Crippen LogP contribution < -0.4 is 4.72 Å². The molecule has 0 aliphatic carbocycles. The highest BCUT2D eigenvalue weighted by Gasteiger charge is 2.45. The molecule has 0 radical (unpaired) electrons. The molecule has 0 amide bonds. The number of aliphatic hydroxyl groups excluding tert-OH is 1. The molecule has 0 saturated heterocycles. The Labute approximate surface area is 86.5 Å². The van der Waals surface area contributed by atoms with Gasteiger partial charge in [0.15, 0.2) is 0 Å². The van der Waals surface area contributed by atoms with Crippen LogP contribution in [0.15, 0.2) is 0 Å². The van der Waals surface area contributed by atoms with Crippen LogP contribution in [-0.4, -0.2) is 32.2 Å². The Morgan fingerprint density at radius 1 is 1.07 bits per heavy atom. The third kappa shape index (κ3) is 5.95. The van der Waals surface area contributed by atoms with Crippen LogP contribution in [0.1, 0.15) is 25.7 Å². The van der Waals surface area contributed by atoms with Crippen LogP contribution in [0.25, 0.3) is 0 Å². The lowest BCUT2D eigenvalue weighted by Crippen LogP contribution is -2.36. The van der Waals surface area contributed by atoms with E-state index in [1.54, 1.807) is 0 Å². The Kier molecular flexibility index (Phi) is 6.15. The molecule has 0 rings (SSSR count). The van der Waals surface area contributed by atoms with E-state index in [1.807, 2.05) is 0 Å². The largest absolute Gasteiger partial charge is 0.511 e. The van der Waals surface area contributed by atoms with Crippen LogP contribution in [-0.2, 0) is 10.0 Å². The van der Waals surface area contributed by atoms with E-state index in [1.165, 1.54) is 4.72 Å². The molecule has 8 heteroatoms. The minimum absolute atomic E-state index is 0.0360. The Morgan fingerprint density at radius 2 is 1.60 bits per heavy atom. The molecule has 0 heterocycles. The highest BCUT2D eigenvalue weighted by Crippen LogP contribution is 2.21. The summed E-state index contributed by atoms with van der Waals surface area (Å²) in [5, 5.41) is 8.40. The van der Waals surface area contributed by atoms with Crippen LogP contribution in [0.5, 0.6) is 0 Å². The van der Waals surface area contributed by atoms with E-state index in [0.717, 1.165) is 0 Å². The fraction of sp³-hybridized carbons (Fsp3) is 1.00. The van der Waals surface area contributed by atoms with Crippen LogP contribution in [0.3, 0.4) is 0 Å². The SMILES string of the molecule is O=S(=O)(NCCCCCCO)C(F)(F)F. The van der Waals surface area contributed by atoms with E-state index in [-0.39, 0.29) is 13.2 Å². The number of sulfonamides is 1. The highest BCUT2D eigenvalue weighted by molar-refractivity contribution is 7.90. The van der Waals surface area contributed by atoms with Gasteiger partial charge in [0, 0.05) is 13.2 Å². The van der Waals surface area contributed by atoms with Crippen molar-refractivity contribution in [3.8, 4) is 0 Å². The van der Waals surface area contributed by atoms with Crippen molar-refractivity contribution in [1.82, 2.24) is 4.72 Å². The van der Waals surface area contributed by atoms with Gasteiger partial charge < -0.3 is 5.11 Å². The van der Waals surface area contributed by atoms with Crippen molar-refractivity contribution in [2.45, 2.75) is 31.2 Å². The Balaban J connectivity index is 3.69. The van der Waals surface area contributed by atoms with Crippen molar-refractivity contribution in [2.75, 3.05) is 13.2 Å². The molecule has 0 atom stereocenters. The van der Waals surface area contributed by atoms with Crippen LogP contribution >= 0.6 is 0 Å². The van der Waals surface area contributed by atoms with Crippen molar-refractivity contribution < 1.29 is 26.7 Å². The Hall–Kier alpha value is -0.340. The number of hydrogen-bond acceptors (Lipinski definition) is 3. The van der Waals surface area contributed by atoms with E-state index < -0.39 is 15.5 Å². The summed E-state index contributed by atoms with van der Waals surface area (Å²) in [5.41, 5.74) is -5.24. The summed E-state index contributed by atoms with van der Waals surface area (Å²) >= 11 is 0. The second-order valence-corrected chi connectivity index (χ2v) is 4.74. The third-order valence-corrected chi connectivity index (χ3v) is 2.88. The number of unbranched alkanes of at least 4 members (excludes halogenated alkanes) is 3. The van der Waals surface area contributed by atoms with Gasteiger partial charge >= 0.3 is 15.5 Å².